The van der Waals surface area contributed by atoms with Gasteiger partial charge in [0.1, 0.15) is 36.1 Å². The molecule has 0 aromatic carbocycles. The van der Waals surface area contributed by atoms with E-state index < -0.39 is 24.5 Å². The summed E-state index contributed by atoms with van der Waals surface area (Å²) in [4.78, 5) is 8.11. The van der Waals surface area contributed by atoms with Crippen LogP contribution in [0.3, 0.4) is 0 Å². The number of nitrogen functional groups attached to an aromatic ring is 1. The molecule has 0 amide bonds. The van der Waals surface area contributed by atoms with Crippen LogP contribution in [-0.4, -0.2) is 56.8 Å². The average Bonchev–Trinajstić information content (AvgIpc) is 3.00. The Morgan fingerprint density at radius 1 is 1.50 bits per heavy atom. The minimum atomic E-state index is -0.911. The molecule has 0 bridgehead atoms. The third-order valence-electron chi connectivity index (χ3n) is 3.58. The van der Waals surface area contributed by atoms with Crippen molar-refractivity contribution in [2.75, 3.05) is 19.5 Å². The number of nitrogens with zero attached hydrogens (tertiary/aromatic N) is 3. The van der Waals surface area contributed by atoms with Gasteiger partial charge in [-0.2, -0.15) is 0 Å². The Labute approximate surface area is 114 Å². The van der Waals surface area contributed by atoms with Crippen molar-refractivity contribution in [1.29, 1.82) is 0 Å². The first-order valence-corrected chi connectivity index (χ1v) is 6.21. The zero-order valence-electron chi connectivity index (χ0n) is 10.9. The first-order valence-electron chi connectivity index (χ1n) is 6.21. The third kappa shape index (κ3) is 1.85. The van der Waals surface area contributed by atoms with Gasteiger partial charge in [0.2, 0.25) is 0 Å². The van der Waals surface area contributed by atoms with E-state index in [0.29, 0.717) is 16.9 Å². The topological polar surface area (TPSA) is 116 Å². The van der Waals surface area contributed by atoms with Crippen LogP contribution in [0, 0.1) is 0 Å². The molecule has 4 N–H and O–H groups in total. The molecule has 2 aromatic rings. The quantitative estimate of drug-likeness (QED) is 0.679. The number of hydrogen-bond acceptors (Lipinski definition) is 7. The minimum Gasteiger partial charge on any atom is -0.394 e. The van der Waals surface area contributed by atoms with Crippen molar-refractivity contribution in [3.8, 4) is 0 Å². The molecular formula is C12H16N4O4. The van der Waals surface area contributed by atoms with Crippen molar-refractivity contribution in [2.45, 2.75) is 24.5 Å². The summed E-state index contributed by atoms with van der Waals surface area (Å²) in [7, 11) is 1.49. The molecule has 3 rings (SSSR count). The van der Waals surface area contributed by atoms with Gasteiger partial charge in [0.15, 0.2) is 6.23 Å². The maximum atomic E-state index is 10.1. The van der Waals surface area contributed by atoms with Gasteiger partial charge in [-0.05, 0) is 6.07 Å². The zero-order valence-corrected chi connectivity index (χ0v) is 10.9. The third-order valence-corrected chi connectivity index (χ3v) is 3.58. The Morgan fingerprint density at radius 2 is 2.30 bits per heavy atom. The standard InChI is InChI=1S/C12H16N4O4/c1-19-9-8(18)7(4-17)20-12(9)16-3-2-6-10(13)14-5-15-11(6)16/h2-3,5,7-9,12,17-18H,4H2,1H3,(H2,13,14,15)/t7-,8?,9?,12-/m1/s1. The van der Waals surface area contributed by atoms with Crippen molar-refractivity contribution >= 4 is 16.9 Å². The summed E-state index contributed by atoms with van der Waals surface area (Å²) in [6.07, 6.45) is 0.329. The fourth-order valence-corrected chi connectivity index (χ4v) is 2.54. The molecule has 108 valence electrons. The minimum absolute atomic E-state index is 0.284. The lowest BCUT2D eigenvalue weighted by Crippen LogP contribution is -2.34. The molecule has 1 fully saturated rings. The Hall–Kier alpha value is -1.74. The molecule has 8 nitrogen and oxygen atoms in total. The summed E-state index contributed by atoms with van der Waals surface area (Å²) < 4.78 is 12.7. The molecule has 2 unspecified atom stereocenters. The number of aromatic nitrogens is 3. The maximum Gasteiger partial charge on any atom is 0.164 e. The Morgan fingerprint density at radius 3 is 3.00 bits per heavy atom. The van der Waals surface area contributed by atoms with E-state index in [-0.39, 0.29) is 6.61 Å². The first kappa shape index (κ1) is 13.3. The van der Waals surface area contributed by atoms with E-state index in [1.807, 2.05) is 0 Å². The van der Waals surface area contributed by atoms with Crippen LogP contribution >= 0.6 is 0 Å². The molecule has 1 saturated heterocycles. The zero-order chi connectivity index (χ0) is 14.3. The van der Waals surface area contributed by atoms with E-state index in [1.54, 1.807) is 16.8 Å². The van der Waals surface area contributed by atoms with Crippen molar-refractivity contribution in [2.24, 2.45) is 0 Å². The number of nitrogens with two attached hydrogens (primary N) is 1. The second kappa shape index (κ2) is 4.98. The van der Waals surface area contributed by atoms with Gasteiger partial charge in [-0.1, -0.05) is 0 Å². The van der Waals surface area contributed by atoms with Crippen molar-refractivity contribution in [1.82, 2.24) is 14.5 Å². The number of aliphatic hydroxyl groups is 2. The summed E-state index contributed by atoms with van der Waals surface area (Å²) in [5.74, 6) is 0.375. The van der Waals surface area contributed by atoms with Crippen LogP contribution in [0.5, 0.6) is 0 Å². The summed E-state index contributed by atoms with van der Waals surface area (Å²) in [6.45, 7) is -0.284. The average molecular weight is 280 g/mol. The normalized spacial score (nSPS) is 30.1. The molecule has 2 aromatic heterocycles. The largest absolute Gasteiger partial charge is 0.394 e. The van der Waals surface area contributed by atoms with Gasteiger partial charge in [0.05, 0.1) is 12.0 Å². The van der Waals surface area contributed by atoms with Gasteiger partial charge < -0.3 is 30.0 Å². The highest BCUT2D eigenvalue weighted by atomic mass is 16.6. The molecule has 3 heterocycles. The maximum absolute atomic E-state index is 10.1. The molecular weight excluding hydrogens is 264 g/mol. The second-order valence-electron chi connectivity index (χ2n) is 4.66. The van der Waals surface area contributed by atoms with E-state index >= 15 is 0 Å². The predicted octanol–water partition coefficient (Wildman–Crippen LogP) is -0.721. The number of fused-ring (bicyclic) bond motifs is 1. The smallest absolute Gasteiger partial charge is 0.164 e. The lowest BCUT2D eigenvalue weighted by molar-refractivity contribution is -0.0580. The molecule has 1 aliphatic heterocycles. The lowest BCUT2D eigenvalue weighted by Gasteiger charge is -2.20. The predicted molar refractivity (Wildman–Crippen MR) is 69.7 cm³/mol. The highest BCUT2D eigenvalue weighted by molar-refractivity contribution is 5.86. The van der Waals surface area contributed by atoms with Crippen LogP contribution < -0.4 is 5.73 Å². The Kier molecular flexibility index (Phi) is 3.30. The van der Waals surface area contributed by atoms with Crippen molar-refractivity contribution in [3.05, 3.63) is 18.6 Å². The number of ether oxygens (including phenoxy) is 2. The molecule has 4 atom stereocenters. The monoisotopic (exact) mass is 280 g/mol. The van der Waals surface area contributed by atoms with Crippen LogP contribution in [0.1, 0.15) is 6.23 Å². The van der Waals surface area contributed by atoms with Crippen LogP contribution in [0.4, 0.5) is 5.82 Å². The van der Waals surface area contributed by atoms with Gasteiger partial charge in [-0.25, -0.2) is 9.97 Å². The first-order chi connectivity index (χ1) is 9.67. The molecule has 0 spiro atoms. The summed E-state index contributed by atoms with van der Waals surface area (Å²) >= 11 is 0. The van der Waals surface area contributed by atoms with Crippen LogP contribution in [-0.2, 0) is 9.47 Å². The highest BCUT2D eigenvalue weighted by Crippen LogP contribution is 2.34. The fourth-order valence-electron chi connectivity index (χ4n) is 2.54. The van der Waals surface area contributed by atoms with Gasteiger partial charge >= 0.3 is 0 Å². The molecule has 8 heteroatoms. The summed E-state index contributed by atoms with van der Waals surface area (Å²) in [6, 6.07) is 1.78. The highest BCUT2D eigenvalue weighted by Gasteiger charge is 2.45. The van der Waals surface area contributed by atoms with Gasteiger partial charge in [0, 0.05) is 13.3 Å². The molecule has 1 aliphatic rings. The van der Waals surface area contributed by atoms with E-state index in [2.05, 4.69) is 9.97 Å². The number of anilines is 1. The molecule has 20 heavy (non-hydrogen) atoms. The number of rotatable bonds is 3. The fraction of sp³-hybridized carbons (Fsp3) is 0.500. The number of aliphatic hydroxyl groups excluding tert-OH is 2. The van der Waals surface area contributed by atoms with E-state index in [9.17, 15) is 10.2 Å². The summed E-state index contributed by atoms with van der Waals surface area (Å²) in [5, 5.41) is 20.0. The number of methoxy groups -OCH3 is 1. The van der Waals surface area contributed by atoms with Gasteiger partial charge in [0.25, 0.3) is 0 Å². The van der Waals surface area contributed by atoms with Crippen LogP contribution in [0.2, 0.25) is 0 Å². The van der Waals surface area contributed by atoms with Crippen molar-refractivity contribution in [3.63, 3.8) is 0 Å². The van der Waals surface area contributed by atoms with Gasteiger partial charge in [-0.15, -0.1) is 0 Å². The van der Waals surface area contributed by atoms with Crippen molar-refractivity contribution < 1.29 is 19.7 Å². The van der Waals surface area contributed by atoms with E-state index in [4.69, 9.17) is 15.2 Å². The number of hydrogen-bond donors (Lipinski definition) is 3. The molecule has 0 radical (unpaired) electrons. The van der Waals surface area contributed by atoms with E-state index in [0.717, 1.165) is 0 Å². The SMILES string of the molecule is COC1C(O)[C@@H](CO)O[C@H]1n1ccc2c(N)ncnc21. The second-order valence-corrected chi connectivity index (χ2v) is 4.66. The van der Waals surface area contributed by atoms with E-state index in [1.165, 1.54) is 13.4 Å². The Balaban J connectivity index is 2.04. The van der Waals surface area contributed by atoms with Gasteiger partial charge in [-0.3, -0.25) is 0 Å². The summed E-state index contributed by atoms with van der Waals surface area (Å²) in [5.41, 5.74) is 6.38. The molecule has 0 aliphatic carbocycles. The van der Waals surface area contributed by atoms with Crippen LogP contribution in [0.25, 0.3) is 11.0 Å². The Bertz CT molecular complexity index is 617. The van der Waals surface area contributed by atoms with Crippen LogP contribution in [0.15, 0.2) is 18.6 Å². The molecule has 0 saturated carbocycles. The lowest BCUT2D eigenvalue weighted by atomic mass is 10.1.